The standard InChI is InChI=1S/C30H39FN4O3/c1-6-23(4)35(20-27-13-9-15-33(27)19-24-10-7-14-28(16-24)38-5)29(36)21-34(18-22(2)3)30(37)32-26-12-8-11-25(31)17-26/h7-17,22-23H,6,18-21H2,1-5H3,(H,32,37). The largest absolute Gasteiger partial charge is 0.497 e. The molecule has 1 atom stereocenters. The molecule has 0 saturated heterocycles. The first-order valence-electron chi connectivity index (χ1n) is 13.1. The number of ether oxygens (including phenoxy) is 1. The van der Waals surface area contributed by atoms with E-state index in [0.717, 1.165) is 23.4 Å². The Morgan fingerprint density at radius 1 is 1.05 bits per heavy atom. The molecule has 1 unspecified atom stereocenters. The lowest BCUT2D eigenvalue weighted by atomic mass is 10.1. The normalized spacial score (nSPS) is 11.8. The molecule has 2 aromatic carbocycles. The van der Waals surface area contributed by atoms with Gasteiger partial charge in [-0.3, -0.25) is 4.79 Å². The van der Waals surface area contributed by atoms with Gasteiger partial charge in [-0.25, -0.2) is 9.18 Å². The van der Waals surface area contributed by atoms with Crippen LogP contribution in [0.15, 0.2) is 66.9 Å². The van der Waals surface area contributed by atoms with Crippen LogP contribution in [0.4, 0.5) is 14.9 Å². The van der Waals surface area contributed by atoms with Crippen molar-refractivity contribution >= 4 is 17.6 Å². The minimum Gasteiger partial charge on any atom is -0.497 e. The highest BCUT2D eigenvalue weighted by molar-refractivity contribution is 5.92. The number of urea groups is 1. The molecule has 1 aromatic heterocycles. The number of aromatic nitrogens is 1. The highest BCUT2D eigenvalue weighted by atomic mass is 19.1. The molecule has 0 fully saturated rings. The fourth-order valence-corrected chi connectivity index (χ4v) is 4.28. The molecule has 0 radical (unpaired) electrons. The molecule has 7 nitrogen and oxygen atoms in total. The molecule has 0 spiro atoms. The van der Waals surface area contributed by atoms with Crippen LogP contribution in [0.3, 0.4) is 0 Å². The number of amides is 3. The average Bonchev–Trinajstić information content (AvgIpc) is 3.32. The number of anilines is 1. The third kappa shape index (κ3) is 8.10. The van der Waals surface area contributed by atoms with Gasteiger partial charge in [-0.15, -0.1) is 0 Å². The van der Waals surface area contributed by atoms with Crippen molar-refractivity contribution in [1.29, 1.82) is 0 Å². The van der Waals surface area contributed by atoms with Crippen molar-refractivity contribution in [2.75, 3.05) is 25.5 Å². The van der Waals surface area contributed by atoms with E-state index in [1.165, 1.54) is 23.1 Å². The molecule has 0 saturated carbocycles. The second-order valence-corrected chi connectivity index (χ2v) is 9.97. The van der Waals surface area contributed by atoms with Crippen LogP contribution in [0.25, 0.3) is 0 Å². The summed E-state index contributed by atoms with van der Waals surface area (Å²) < 4.78 is 21.1. The summed E-state index contributed by atoms with van der Waals surface area (Å²) in [5, 5.41) is 2.73. The molecule has 0 bridgehead atoms. The van der Waals surface area contributed by atoms with Crippen LogP contribution in [-0.2, 0) is 17.9 Å². The number of methoxy groups -OCH3 is 1. The fourth-order valence-electron chi connectivity index (χ4n) is 4.28. The molecule has 3 rings (SSSR count). The van der Waals surface area contributed by atoms with Crippen molar-refractivity contribution in [3.8, 4) is 5.75 Å². The monoisotopic (exact) mass is 522 g/mol. The molecule has 3 aromatic rings. The van der Waals surface area contributed by atoms with Crippen LogP contribution in [-0.4, -0.2) is 52.5 Å². The van der Waals surface area contributed by atoms with E-state index in [1.807, 2.05) is 75.2 Å². The van der Waals surface area contributed by atoms with Crippen molar-refractivity contribution in [2.24, 2.45) is 5.92 Å². The zero-order valence-corrected chi connectivity index (χ0v) is 23.0. The van der Waals surface area contributed by atoms with Gasteiger partial charge in [0.2, 0.25) is 5.91 Å². The summed E-state index contributed by atoms with van der Waals surface area (Å²) in [6, 6.07) is 17.2. The summed E-state index contributed by atoms with van der Waals surface area (Å²) in [6.07, 6.45) is 2.79. The second-order valence-electron chi connectivity index (χ2n) is 9.97. The van der Waals surface area contributed by atoms with Crippen LogP contribution in [0.1, 0.15) is 45.4 Å². The molecular formula is C30H39FN4O3. The molecule has 3 amide bonds. The number of rotatable bonds is 12. The maximum absolute atomic E-state index is 13.6. The van der Waals surface area contributed by atoms with Crippen LogP contribution in [0.2, 0.25) is 0 Å². The van der Waals surface area contributed by atoms with Gasteiger partial charge < -0.3 is 24.4 Å². The van der Waals surface area contributed by atoms with E-state index in [-0.39, 0.29) is 24.4 Å². The quantitative estimate of drug-likeness (QED) is 0.317. The molecular weight excluding hydrogens is 483 g/mol. The topological polar surface area (TPSA) is 66.8 Å². The highest BCUT2D eigenvalue weighted by Gasteiger charge is 2.25. The van der Waals surface area contributed by atoms with Gasteiger partial charge in [-0.2, -0.15) is 0 Å². The number of hydrogen-bond acceptors (Lipinski definition) is 3. The van der Waals surface area contributed by atoms with Crippen LogP contribution >= 0.6 is 0 Å². The zero-order valence-electron chi connectivity index (χ0n) is 23.0. The number of hydrogen-bond donors (Lipinski definition) is 1. The van der Waals surface area contributed by atoms with Crippen molar-refractivity contribution in [3.05, 3.63) is 83.9 Å². The second kappa shape index (κ2) is 13.7. The first-order chi connectivity index (χ1) is 18.2. The van der Waals surface area contributed by atoms with Crippen molar-refractivity contribution in [2.45, 2.75) is 53.2 Å². The van der Waals surface area contributed by atoms with Gasteiger partial charge in [0.15, 0.2) is 0 Å². The highest BCUT2D eigenvalue weighted by Crippen LogP contribution is 2.18. The first-order valence-corrected chi connectivity index (χ1v) is 13.1. The van der Waals surface area contributed by atoms with Gasteiger partial charge in [0.25, 0.3) is 0 Å². The molecule has 0 aliphatic rings. The minimum atomic E-state index is -0.436. The maximum atomic E-state index is 13.6. The van der Waals surface area contributed by atoms with Crippen LogP contribution in [0.5, 0.6) is 5.75 Å². The first kappa shape index (κ1) is 28.8. The smallest absolute Gasteiger partial charge is 0.322 e. The Balaban J connectivity index is 1.76. The van der Waals surface area contributed by atoms with E-state index >= 15 is 0 Å². The summed E-state index contributed by atoms with van der Waals surface area (Å²) in [5.74, 6) is 0.380. The fraction of sp³-hybridized carbons (Fsp3) is 0.400. The molecule has 8 heteroatoms. The van der Waals surface area contributed by atoms with Gasteiger partial charge in [0.1, 0.15) is 18.1 Å². The number of nitrogens with one attached hydrogen (secondary N) is 1. The van der Waals surface area contributed by atoms with E-state index in [9.17, 15) is 14.0 Å². The number of carbonyl (C=O) groups excluding carboxylic acids is 2. The van der Waals surface area contributed by atoms with Gasteiger partial charge in [0.05, 0.1) is 13.7 Å². The average molecular weight is 523 g/mol. The van der Waals surface area contributed by atoms with E-state index in [1.54, 1.807) is 13.2 Å². The Kier molecular flexibility index (Phi) is 10.3. The third-order valence-corrected chi connectivity index (χ3v) is 6.46. The maximum Gasteiger partial charge on any atom is 0.322 e. The number of nitrogens with zero attached hydrogens (tertiary/aromatic N) is 3. The Morgan fingerprint density at radius 3 is 2.50 bits per heavy atom. The zero-order chi connectivity index (χ0) is 27.7. The Morgan fingerprint density at radius 2 is 1.82 bits per heavy atom. The van der Waals surface area contributed by atoms with Gasteiger partial charge >= 0.3 is 6.03 Å². The lowest BCUT2D eigenvalue weighted by Gasteiger charge is -2.32. The van der Waals surface area contributed by atoms with Crippen molar-refractivity contribution in [3.63, 3.8) is 0 Å². The minimum absolute atomic E-state index is 0.0187. The van der Waals surface area contributed by atoms with E-state index < -0.39 is 11.8 Å². The third-order valence-electron chi connectivity index (χ3n) is 6.46. The van der Waals surface area contributed by atoms with Gasteiger partial charge in [0, 0.05) is 36.7 Å². The summed E-state index contributed by atoms with van der Waals surface area (Å²) in [4.78, 5) is 30.1. The molecule has 204 valence electrons. The van der Waals surface area contributed by atoms with E-state index in [2.05, 4.69) is 9.88 Å². The Hall–Kier alpha value is -3.81. The lowest BCUT2D eigenvalue weighted by molar-refractivity contribution is -0.134. The van der Waals surface area contributed by atoms with E-state index in [4.69, 9.17) is 4.74 Å². The van der Waals surface area contributed by atoms with Crippen LogP contribution in [0, 0.1) is 11.7 Å². The molecule has 1 N–H and O–H groups in total. The predicted molar refractivity (Wildman–Crippen MR) is 149 cm³/mol. The summed E-state index contributed by atoms with van der Waals surface area (Å²) in [6.45, 7) is 9.45. The van der Waals surface area contributed by atoms with E-state index in [0.29, 0.717) is 25.3 Å². The molecule has 0 aliphatic carbocycles. The SMILES string of the molecule is CCC(C)N(Cc1cccn1Cc1cccc(OC)c1)C(=O)CN(CC(C)C)C(=O)Nc1cccc(F)c1. The van der Waals surface area contributed by atoms with Gasteiger partial charge in [-0.1, -0.05) is 39.0 Å². The predicted octanol–water partition coefficient (Wildman–Crippen LogP) is 6.00. The molecule has 0 aliphatic heterocycles. The molecule has 38 heavy (non-hydrogen) atoms. The number of benzene rings is 2. The summed E-state index contributed by atoms with van der Waals surface area (Å²) >= 11 is 0. The number of halogens is 1. The summed E-state index contributed by atoms with van der Waals surface area (Å²) in [5.41, 5.74) is 2.45. The van der Waals surface area contributed by atoms with Crippen molar-refractivity contribution in [1.82, 2.24) is 14.4 Å². The Bertz CT molecular complexity index is 1210. The number of carbonyl (C=O) groups is 2. The molecule has 1 heterocycles. The lowest BCUT2D eigenvalue weighted by Crippen LogP contribution is -2.48. The van der Waals surface area contributed by atoms with Crippen LogP contribution < -0.4 is 10.1 Å². The van der Waals surface area contributed by atoms with Crippen molar-refractivity contribution < 1.29 is 18.7 Å². The van der Waals surface area contributed by atoms with Gasteiger partial charge in [-0.05, 0) is 67.3 Å². The summed E-state index contributed by atoms with van der Waals surface area (Å²) in [7, 11) is 1.65. The Labute approximate surface area is 225 Å².